The minimum atomic E-state index is -4.41. The highest BCUT2D eigenvalue weighted by Gasteiger charge is 2.27. The standard InChI is InChI=1S/C48H84NO10P/c1-8-10-12-13-16-20-26-31-43(50)32-27-21-19-24-30-36-48(52)58-44(40-57-60(53,54)56-38-37-49(5,6)7)39-55-47(51)35-29-23-18-15-14-17-22-28-34-46-42(4)41(3)45(59-46)33-25-11-9-2/h10,12,16,20,26,31,43-44,50H,8-9,11,13-15,17-19,21-25,27-30,32-40H2,1-7H3/p+1/b12-10+,20-16+,31-26+/t43?,44-/m1/s1. The van der Waals surface area contributed by atoms with Crippen LogP contribution in [-0.2, 0) is 45.5 Å². The molecule has 12 heteroatoms. The molecular formula is C48H85NO10P+. The van der Waals surface area contributed by atoms with Gasteiger partial charge in [-0.25, -0.2) is 4.57 Å². The summed E-state index contributed by atoms with van der Waals surface area (Å²) in [6.07, 6.45) is 31.8. The summed E-state index contributed by atoms with van der Waals surface area (Å²) >= 11 is 0. The first-order valence-electron chi connectivity index (χ1n) is 23.2. The van der Waals surface area contributed by atoms with Crippen molar-refractivity contribution in [3.63, 3.8) is 0 Å². The number of nitrogens with zero attached hydrogens (tertiary/aromatic N) is 1. The fraction of sp³-hybridized carbons (Fsp3) is 0.750. The van der Waals surface area contributed by atoms with E-state index >= 15 is 0 Å². The molecular weight excluding hydrogens is 781 g/mol. The number of furan rings is 1. The molecule has 0 radical (unpaired) electrons. The normalized spacial score (nSPS) is 14.3. The van der Waals surface area contributed by atoms with Crippen molar-refractivity contribution < 1.29 is 51.6 Å². The van der Waals surface area contributed by atoms with E-state index < -0.39 is 38.6 Å². The highest BCUT2D eigenvalue weighted by Crippen LogP contribution is 2.43. The monoisotopic (exact) mass is 867 g/mol. The molecule has 2 N–H and O–H groups in total. The van der Waals surface area contributed by atoms with Gasteiger partial charge in [0.2, 0.25) is 0 Å². The van der Waals surface area contributed by atoms with Gasteiger partial charge in [0.25, 0.3) is 0 Å². The number of aliphatic hydroxyl groups is 1. The third kappa shape index (κ3) is 30.5. The molecule has 0 aliphatic carbocycles. The van der Waals surface area contributed by atoms with Gasteiger partial charge in [0.15, 0.2) is 6.10 Å². The molecule has 2 unspecified atom stereocenters. The first-order valence-corrected chi connectivity index (χ1v) is 24.7. The Hall–Kier alpha value is -2.53. The third-order valence-corrected chi connectivity index (χ3v) is 11.5. The number of phosphoric acid groups is 1. The van der Waals surface area contributed by atoms with Crippen molar-refractivity contribution in [2.24, 2.45) is 0 Å². The summed E-state index contributed by atoms with van der Waals surface area (Å²) in [4.78, 5) is 35.5. The molecule has 0 saturated carbocycles. The zero-order valence-electron chi connectivity index (χ0n) is 38.8. The van der Waals surface area contributed by atoms with Gasteiger partial charge in [0, 0.05) is 25.7 Å². The number of phosphoric ester groups is 1. The molecule has 1 aromatic rings. The fourth-order valence-corrected chi connectivity index (χ4v) is 7.29. The van der Waals surface area contributed by atoms with E-state index in [1.165, 1.54) is 55.4 Å². The minimum absolute atomic E-state index is 0.00612. The summed E-state index contributed by atoms with van der Waals surface area (Å²) in [5, 5.41) is 10.2. The predicted octanol–water partition coefficient (Wildman–Crippen LogP) is 11.5. The molecule has 346 valence electrons. The van der Waals surface area contributed by atoms with Gasteiger partial charge in [-0.15, -0.1) is 0 Å². The number of allylic oxidation sites excluding steroid dienone is 5. The second-order valence-electron chi connectivity index (χ2n) is 17.2. The van der Waals surface area contributed by atoms with Crippen molar-refractivity contribution in [2.45, 2.75) is 188 Å². The van der Waals surface area contributed by atoms with Crippen molar-refractivity contribution in [1.29, 1.82) is 0 Å². The van der Waals surface area contributed by atoms with Crippen LogP contribution in [0.5, 0.6) is 0 Å². The molecule has 0 aliphatic heterocycles. The van der Waals surface area contributed by atoms with E-state index in [0.717, 1.165) is 82.8 Å². The Labute approximate surface area is 364 Å². The van der Waals surface area contributed by atoms with Crippen LogP contribution in [0.25, 0.3) is 0 Å². The van der Waals surface area contributed by atoms with Crippen LogP contribution in [-0.4, -0.2) is 86.1 Å². The molecule has 0 spiro atoms. The lowest BCUT2D eigenvalue weighted by Crippen LogP contribution is -2.37. The Morgan fingerprint density at radius 1 is 0.717 bits per heavy atom. The lowest BCUT2D eigenvalue weighted by Gasteiger charge is -2.24. The molecule has 3 atom stereocenters. The number of ether oxygens (including phenoxy) is 2. The van der Waals surface area contributed by atoms with E-state index in [1.807, 2.05) is 33.3 Å². The number of quaternary nitrogens is 1. The summed E-state index contributed by atoms with van der Waals surface area (Å²) in [6, 6.07) is 0. The van der Waals surface area contributed by atoms with Crippen molar-refractivity contribution in [3.8, 4) is 0 Å². The van der Waals surface area contributed by atoms with E-state index in [2.05, 4.69) is 45.9 Å². The number of esters is 2. The summed E-state index contributed by atoms with van der Waals surface area (Å²) in [6.45, 7) is 8.48. The van der Waals surface area contributed by atoms with E-state index in [9.17, 15) is 24.2 Å². The van der Waals surface area contributed by atoms with Crippen LogP contribution in [0.4, 0.5) is 0 Å². The summed E-state index contributed by atoms with van der Waals surface area (Å²) in [7, 11) is 1.39. The number of aryl methyl sites for hydroxylation is 2. The zero-order valence-corrected chi connectivity index (χ0v) is 39.7. The molecule has 0 fully saturated rings. The van der Waals surface area contributed by atoms with Gasteiger partial charge >= 0.3 is 19.8 Å². The van der Waals surface area contributed by atoms with Crippen LogP contribution >= 0.6 is 7.82 Å². The zero-order chi connectivity index (χ0) is 44.5. The fourth-order valence-electron chi connectivity index (χ4n) is 6.55. The summed E-state index contributed by atoms with van der Waals surface area (Å²) in [5.41, 5.74) is 2.65. The minimum Gasteiger partial charge on any atom is -0.466 e. The first-order chi connectivity index (χ1) is 28.7. The van der Waals surface area contributed by atoms with Gasteiger partial charge in [-0.05, 0) is 69.9 Å². The topological polar surface area (TPSA) is 142 Å². The quantitative estimate of drug-likeness (QED) is 0.0165. The van der Waals surface area contributed by atoms with Crippen LogP contribution < -0.4 is 0 Å². The Morgan fingerprint density at radius 2 is 1.28 bits per heavy atom. The van der Waals surface area contributed by atoms with Crippen molar-refractivity contribution >= 4 is 19.8 Å². The molecule has 0 aliphatic rings. The van der Waals surface area contributed by atoms with Crippen molar-refractivity contribution in [2.75, 3.05) is 47.5 Å². The second-order valence-corrected chi connectivity index (χ2v) is 18.6. The number of carbonyl (C=O) groups is 2. The highest BCUT2D eigenvalue weighted by atomic mass is 31.2. The first kappa shape index (κ1) is 55.5. The van der Waals surface area contributed by atoms with Gasteiger partial charge in [0.05, 0.1) is 33.9 Å². The molecule has 0 amide bonds. The molecule has 0 bridgehead atoms. The number of unbranched alkanes of at least 4 members (excludes halogenated alkanes) is 13. The largest absolute Gasteiger partial charge is 0.472 e. The van der Waals surface area contributed by atoms with Crippen LogP contribution in [0.1, 0.15) is 171 Å². The van der Waals surface area contributed by atoms with Crippen molar-refractivity contribution in [3.05, 3.63) is 59.1 Å². The molecule has 11 nitrogen and oxygen atoms in total. The number of hydrogen-bond acceptors (Lipinski definition) is 9. The Kier molecular flexibility index (Phi) is 31.5. The van der Waals surface area contributed by atoms with Crippen LogP contribution in [0.3, 0.4) is 0 Å². The number of carbonyl (C=O) groups excluding carboxylic acids is 2. The summed E-state index contributed by atoms with van der Waals surface area (Å²) < 4.78 is 40.6. The average Bonchev–Trinajstić information content (AvgIpc) is 3.46. The van der Waals surface area contributed by atoms with Gasteiger partial charge in [-0.3, -0.25) is 18.6 Å². The Morgan fingerprint density at radius 3 is 1.88 bits per heavy atom. The lowest BCUT2D eigenvalue weighted by atomic mass is 10.0. The third-order valence-electron chi connectivity index (χ3n) is 10.5. The average molecular weight is 867 g/mol. The van der Waals surface area contributed by atoms with Crippen LogP contribution in [0, 0.1) is 13.8 Å². The molecule has 1 aromatic heterocycles. The van der Waals surface area contributed by atoms with Gasteiger partial charge < -0.3 is 28.4 Å². The van der Waals surface area contributed by atoms with Gasteiger partial charge in [-0.1, -0.05) is 127 Å². The lowest BCUT2D eigenvalue weighted by molar-refractivity contribution is -0.870. The molecule has 1 rings (SSSR count). The maximum Gasteiger partial charge on any atom is 0.472 e. The van der Waals surface area contributed by atoms with Crippen molar-refractivity contribution in [1.82, 2.24) is 0 Å². The maximum atomic E-state index is 12.7. The maximum absolute atomic E-state index is 12.7. The number of rotatable bonds is 38. The second kappa shape index (κ2) is 34.0. The molecule has 0 saturated heterocycles. The van der Waals surface area contributed by atoms with E-state index in [4.69, 9.17) is 22.9 Å². The molecule has 1 heterocycles. The van der Waals surface area contributed by atoms with Crippen LogP contribution in [0.15, 0.2) is 40.9 Å². The molecule has 0 aromatic carbocycles. The van der Waals surface area contributed by atoms with Crippen LogP contribution in [0.2, 0.25) is 0 Å². The van der Waals surface area contributed by atoms with E-state index in [1.54, 1.807) is 6.08 Å². The summed E-state index contributed by atoms with van der Waals surface area (Å²) in [5.74, 6) is 1.43. The smallest absolute Gasteiger partial charge is 0.466 e. The Balaban J connectivity index is 2.37. The highest BCUT2D eigenvalue weighted by molar-refractivity contribution is 7.47. The number of likely N-dealkylation sites (N-methyl/N-ethyl adjacent to an activating group) is 1. The number of aliphatic hydroxyl groups excluding tert-OH is 1. The van der Waals surface area contributed by atoms with Gasteiger partial charge in [-0.2, -0.15) is 0 Å². The predicted molar refractivity (Wildman–Crippen MR) is 243 cm³/mol. The SMILES string of the molecule is CC/C=C/C/C=C/C=C/C(O)CCCCCCCC(=O)O[C@H](COC(=O)CCCCCCCCCCc1oc(CCCCC)c(C)c1C)COP(=O)(O)OCC[N+](C)(C)C. The van der Waals surface area contributed by atoms with E-state index in [0.29, 0.717) is 30.3 Å². The number of hydrogen-bond donors (Lipinski definition) is 2. The van der Waals surface area contributed by atoms with Gasteiger partial charge in [0.1, 0.15) is 31.3 Å². The van der Waals surface area contributed by atoms with E-state index in [-0.39, 0.29) is 26.1 Å². The Bertz CT molecular complexity index is 1410. The molecule has 60 heavy (non-hydrogen) atoms.